The van der Waals surface area contributed by atoms with Crippen molar-refractivity contribution in [2.24, 2.45) is 0 Å². The van der Waals surface area contributed by atoms with Crippen molar-refractivity contribution >= 4 is 11.0 Å². The second kappa shape index (κ2) is 8.95. The Morgan fingerprint density at radius 1 is 1.03 bits per heavy atom. The lowest BCUT2D eigenvalue weighted by atomic mass is 10.1. The van der Waals surface area contributed by atoms with Crippen LogP contribution in [0.2, 0.25) is 0 Å². The van der Waals surface area contributed by atoms with Crippen LogP contribution in [-0.4, -0.2) is 57.7 Å². The fourth-order valence-electron chi connectivity index (χ4n) is 3.08. The zero-order valence-electron chi connectivity index (χ0n) is 16.0. The zero-order chi connectivity index (χ0) is 21.0. The molecule has 0 amide bonds. The molecule has 1 aliphatic heterocycles. The summed E-state index contributed by atoms with van der Waals surface area (Å²) < 4.78 is 5.51. The maximum absolute atomic E-state index is 12.0. The predicted octanol–water partition coefficient (Wildman–Crippen LogP) is 1.81. The first-order valence-corrected chi connectivity index (χ1v) is 9.28. The van der Waals surface area contributed by atoms with E-state index in [0.29, 0.717) is 11.3 Å². The Kier molecular flexibility index (Phi) is 6.38. The smallest absolute Gasteiger partial charge is 0.201 e. The van der Waals surface area contributed by atoms with Crippen LogP contribution < -0.4 is 10.7 Å². The molecule has 0 radical (unpaired) electrons. The number of hydrogen-bond acceptors (Lipinski definition) is 8. The predicted molar refractivity (Wildman–Crippen MR) is 109 cm³/mol. The van der Waals surface area contributed by atoms with Crippen molar-refractivity contribution in [1.29, 1.82) is 0 Å². The van der Waals surface area contributed by atoms with E-state index in [0.717, 1.165) is 32.2 Å². The lowest BCUT2D eigenvalue weighted by molar-refractivity contribution is 0.0112. The van der Waals surface area contributed by atoms with Gasteiger partial charge in [0.2, 0.25) is 5.75 Å². The molecule has 2 heterocycles. The number of aromatic hydroxyl groups is 3. The standard InChI is InChI=1S/C15H10O5.C6H14N2O/c16-9-6-11(8-4-2-1-3-5-8)20-12-7-10(17)14(18)15(19)13(9)12;1-6(9)8-4-2-7-3-5-8/h1-7,17-19H;6-7,9H,2-5H2,1H3. The highest BCUT2D eigenvalue weighted by Crippen LogP contribution is 2.40. The Morgan fingerprint density at radius 2 is 1.69 bits per heavy atom. The molecule has 0 bridgehead atoms. The minimum atomic E-state index is -0.739. The topological polar surface area (TPSA) is 126 Å². The fraction of sp³-hybridized carbons (Fsp3) is 0.286. The van der Waals surface area contributed by atoms with Gasteiger partial charge >= 0.3 is 0 Å². The van der Waals surface area contributed by atoms with Crippen molar-refractivity contribution < 1.29 is 24.8 Å². The molecule has 0 spiro atoms. The van der Waals surface area contributed by atoms with Crippen LogP contribution in [0.15, 0.2) is 51.7 Å². The summed E-state index contributed by atoms with van der Waals surface area (Å²) in [6.45, 7) is 5.76. The summed E-state index contributed by atoms with van der Waals surface area (Å²) in [7, 11) is 0. The lowest BCUT2D eigenvalue weighted by Gasteiger charge is -2.29. The molecule has 5 N–H and O–H groups in total. The van der Waals surface area contributed by atoms with Gasteiger partial charge in [0.1, 0.15) is 23.0 Å². The van der Waals surface area contributed by atoms with E-state index in [1.807, 2.05) is 13.0 Å². The number of phenolic OH excluding ortho intramolecular Hbond substituents is 3. The maximum atomic E-state index is 12.0. The number of fused-ring (bicyclic) bond motifs is 1. The van der Waals surface area contributed by atoms with Crippen LogP contribution in [-0.2, 0) is 0 Å². The van der Waals surface area contributed by atoms with Gasteiger partial charge in [-0.25, -0.2) is 0 Å². The number of nitrogens with one attached hydrogen (secondary N) is 1. The quantitative estimate of drug-likeness (QED) is 0.412. The van der Waals surface area contributed by atoms with Crippen LogP contribution in [0.4, 0.5) is 0 Å². The van der Waals surface area contributed by atoms with Gasteiger partial charge in [-0.3, -0.25) is 9.69 Å². The number of hydrogen-bond donors (Lipinski definition) is 5. The first kappa shape index (κ1) is 20.7. The molecule has 3 aromatic rings. The number of piperazine rings is 1. The molecule has 1 atom stereocenters. The minimum absolute atomic E-state index is 0.00385. The second-order valence-corrected chi connectivity index (χ2v) is 6.72. The van der Waals surface area contributed by atoms with E-state index in [1.54, 1.807) is 24.3 Å². The van der Waals surface area contributed by atoms with Gasteiger partial charge in [-0.1, -0.05) is 30.3 Å². The van der Waals surface area contributed by atoms with E-state index in [4.69, 9.17) is 9.52 Å². The van der Waals surface area contributed by atoms with Crippen molar-refractivity contribution in [3.63, 3.8) is 0 Å². The molecule has 0 saturated carbocycles. The Balaban J connectivity index is 0.000000224. The number of rotatable bonds is 2. The Hall–Kier alpha value is -3.07. The Bertz CT molecular complexity index is 1030. The van der Waals surface area contributed by atoms with Gasteiger partial charge in [0, 0.05) is 43.9 Å². The number of benzene rings is 2. The summed E-state index contributed by atoms with van der Waals surface area (Å²) in [5, 5.41) is 40.7. The maximum Gasteiger partial charge on any atom is 0.201 e. The SMILES string of the molecule is CC(O)N1CCNCC1.O=c1cc(-c2ccccc2)oc2cc(O)c(O)c(O)c12. The summed E-state index contributed by atoms with van der Waals surface area (Å²) in [6, 6.07) is 11.3. The third-order valence-electron chi connectivity index (χ3n) is 4.68. The fourth-order valence-corrected chi connectivity index (χ4v) is 3.08. The molecule has 1 fully saturated rings. The van der Waals surface area contributed by atoms with Crippen molar-refractivity contribution in [3.05, 3.63) is 52.7 Å². The van der Waals surface area contributed by atoms with E-state index in [-0.39, 0.29) is 17.2 Å². The summed E-state index contributed by atoms with van der Waals surface area (Å²) in [6.07, 6.45) is -0.271. The van der Waals surface area contributed by atoms with Gasteiger partial charge in [-0.2, -0.15) is 0 Å². The van der Waals surface area contributed by atoms with Crippen LogP contribution >= 0.6 is 0 Å². The monoisotopic (exact) mass is 400 g/mol. The average Bonchev–Trinajstić information content (AvgIpc) is 2.73. The van der Waals surface area contributed by atoms with Crippen LogP contribution in [0, 0.1) is 0 Å². The molecule has 0 aliphatic carbocycles. The molecule has 1 unspecified atom stereocenters. The molecule has 1 aromatic heterocycles. The van der Waals surface area contributed by atoms with Crippen LogP contribution in [0.25, 0.3) is 22.3 Å². The number of phenols is 3. The number of nitrogens with zero attached hydrogens (tertiary/aromatic N) is 1. The largest absolute Gasteiger partial charge is 0.504 e. The van der Waals surface area contributed by atoms with Gasteiger partial charge < -0.3 is 30.2 Å². The second-order valence-electron chi connectivity index (χ2n) is 6.72. The van der Waals surface area contributed by atoms with E-state index in [1.165, 1.54) is 6.07 Å². The normalized spacial score (nSPS) is 15.5. The van der Waals surface area contributed by atoms with Gasteiger partial charge in [-0.15, -0.1) is 0 Å². The van der Waals surface area contributed by atoms with E-state index < -0.39 is 22.7 Å². The molecular weight excluding hydrogens is 376 g/mol. The van der Waals surface area contributed by atoms with Gasteiger partial charge in [-0.05, 0) is 6.92 Å². The molecule has 8 nitrogen and oxygen atoms in total. The first-order valence-electron chi connectivity index (χ1n) is 9.28. The molecule has 4 rings (SSSR count). The average molecular weight is 400 g/mol. The third kappa shape index (κ3) is 4.68. The highest BCUT2D eigenvalue weighted by atomic mass is 16.3. The molecular formula is C21H24N2O6. The molecule has 154 valence electrons. The minimum Gasteiger partial charge on any atom is -0.504 e. The summed E-state index contributed by atoms with van der Waals surface area (Å²) in [4.78, 5) is 14.1. The van der Waals surface area contributed by atoms with E-state index in [2.05, 4.69) is 10.2 Å². The van der Waals surface area contributed by atoms with Crippen LogP contribution in [0.3, 0.4) is 0 Å². The molecule has 8 heteroatoms. The van der Waals surface area contributed by atoms with Crippen molar-refractivity contribution in [2.45, 2.75) is 13.2 Å². The number of aliphatic hydroxyl groups is 1. The van der Waals surface area contributed by atoms with Crippen LogP contribution in [0.1, 0.15) is 6.92 Å². The van der Waals surface area contributed by atoms with Crippen molar-refractivity contribution in [2.75, 3.05) is 26.2 Å². The highest BCUT2D eigenvalue weighted by molar-refractivity contribution is 5.89. The van der Waals surface area contributed by atoms with Crippen molar-refractivity contribution in [1.82, 2.24) is 10.2 Å². The van der Waals surface area contributed by atoms with E-state index >= 15 is 0 Å². The molecule has 29 heavy (non-hydrogen) atoms. The zero-order valence-corrected chi connectivity index (χ0v) is 16.0. The van der Waals surface area contributed by atoms with Crippen molar-refractivity contribution in [3.8, 4) is 28.6 Å². The first-order chi connectivity index (χ1) is 13.9. The van der Waals surface area contributed by atoms with Gasteiger partial charge in [0.15, 0.2) is 16.9 Å². The molecule has 1 saturated heterocycles. The summed E-state index contributed by atoms with van der Waals surface area (Å²) >= 11 is 0. The van der Waals surface area contributed by atoms with Crippen LogP contribution in [0.5, 0.6) is 17.2 Å². The summed E-state index contributed by atoms with van der Waals surface area (Å²) in [5.74, 6) is -1.67. The lowest BCUT2D eigenvalue weighted by Crippen LogP contribution is -2.47. The number of aliphatic hydroxyl groups excluding tert-OH is 1. The van der Waals surface area contributed by atoms with E-state index in [9.17, 15) is 20.1 Å². The Morgan fingerprint density at radius 3 is 2.28 bits per heavy atom. The third-order valence-corrected chi connectivity index (χ3v) is 4.68. The van der Waals surface area contributed by atoms with Gasteiger partial charge in [0.05, 0.1) is 0 Å². The molecule has 1 aliphatic rings. The molecule has 2 aromatic carbocycles. The Labute approximate surface area is 167 Å². The van der Waals surface area contributed by atoms with Gasteiger partial charge in [0.25, 0.3) is 0 Å². The summed E-state index contributed by atoms with van der Waals surface area (Å²) in [5.41, 5.74) is 0.195. The highest BCUT2D eigenvalue weighted by Gasteiger charge is 2.17.